The van der Waals surface area contributed by atoms with Crippen LogP contribution in [0.1, 0.15) is 18.4 Å². The van der Waals surface area contributed by atoms with E-state index in [-0.39, 0.29) is 5.91 Å². The van der Waals surface area contributed by atoms with E-state index >= 15 is 0 Å². The molecule has 22 heavy (non-hydrogen) atoms. The number of carbonyl (C=O) groups excluding carboxylic acids is 1. The summed E-state index contributed by atoms with van der Waals surface area (Å²) >= 11 is 0. The average Bonchev–Trinajstić information content (AvgIpc) is 2.54. The monoisotopic (exact) mass is 304 g/mol. The van der Waals surface area contributed by atoms with Crippen LogP contribution in [0.2, 0.25) is 0 Å². The Morgan fingerprint density at radius 3 is 2.73 bits per heavy atom. The highest BCUT2D eigenvalue weighted by Crippen LogP contribution is 2.17. The van der Waals surface area contributed by atoms with Crippen LogP contribution in [0.4, 0.5) is 5.69 Å². The minimum Gasteiger partial charge on any atom is -0.369 e. The molecule has 122 valence electrons. The zero-order valence-corrected chi connectivity index (χ0v) is 13.6. The normalized spacial score (nSPS) is 15.8. The van der Waals surface area contributed by atoms with Crippen LogP contribution in [0.5, 0.6) is 0 Å². The van der Waals surface area contributed by atoms with Gasteiger partial charge >= 0.3 is 0 Å². The number of hydrogen-bond donors (Lipinski definition) is 2. The summed E-state index contributed by atoms with van der Waals surface area (Å²) in [6.07, 6.45) is 1.43. The third-order valence-corrected chi connectivity index (χ3v) is 4.10. The molecule has 0 aromatic heterocycles. The molecule has 1 heterocycles. The Balaban J connectivity index is 1.68. The quantitative estimate of drug-likeness (QED) is 0.737. The molecule has 0 saturated carbocycles. The van der Waals surface area contributed by atoms with Crippen molar-refractivity contribution in [2.24, 2.45) is 5.73 Å². The fourth-order valence-corrected chi connectivity index (χ4v) is 2.73. The molecular weight excluding hydrogens is 276 g/mol. The van der Waals surface area contributed by atoms with Crippen molar-refractivity contribution >= 4 is 11.6 Å². The molecule has 1 saturated heterocycles. The van der Waals surface area contributed by atoms with Gasteiger partial charge < -0.3 is 16.0 Å². The lowest BCUT2D eigenvalue weighted by atomic mass is 10.2. The molecular formula is C17H28N4O. The van der Waals surface area contributed by atoms with Crippen molar-refractivity contribution in [2.75, 3.05) is 50.7 Å². The van der Waals surface area contributed by atoms with Gasteiger partial charge in [-0.25, -0.2) is 0 Å². The first-order chi connectivity index (χ1) is 10.7. The van der Waals surface area contributed by atoms with Crippen LogP contribution in [0, 0.1) is 6.92 Å². The van der Waals surface area contributed by atoms with Crippen molar-refractivity contribution in [3.63, 3.8) is 0 Å². The van der Waals surface area contributed by atoms with Crippen LogP contribution in [0.3, 0.4) is 0 Å². The summed E-state index contributed by atoms with van der Waals surface area (Å²) in [6.45, 7) is 8.38. The van der Waals surface area contributed by atoms with Crippen LogP contribution >= 0.6 is 0 Å². The van der Waals surface area contributed by atoms with Gasteiger partial charge in [-0.1, -0.05) is 12.1 Å². The number of benzene rings is 1. The lowest BCUT2D eigenvalue weighted by Gasteiger charge is -2.36. The van der Waals surface area contributed by atoms with Gasteiger partial charge in [-0.3, -0.25) is 9.69 Å². The maximum atomic E-state index is 11.7. The van der Waals surface area contributed by atoms with Crippen LogP contribution in [0.25, 0.3) is 0 Å². The third kappa shape index (κ3) is 5.31. The maximum Gasteiger partial charge on any atom is 0.221 e. The largest absolute Gasteiger partial charge is 0.369 e. The highest BCUT2D eigenvalue weighted by Gasteiger charge is 2.17. The van der Waals surface area contributed by atoms with Crippen molar-refractivity contribution in [3.8, 4) is 0 Å². The molecule has 1 aliphatic heterocycles. The number of aryl methyl sites for hydroxylation is 1. The van der Waals surface area contributed by atoms with E-state index in [0.717, 1.165) is 39.1 Å². The number of anilines is 1. The van der Waals surface area contributed by atoms with Crippen LogP contribution in [0.15, 0.2) is 24.3 Å². The third-order valence-electron chi connectivity index (χ3n) is 4.10. The summed E-state index contributed by atoms with van der Waals surface area (Å²) in [4.78, 5) is 16.5. The van der Waals surface area contributed by atoms with Crippen molar-refractivity contribution in [1.29, 1.82) is 0 Å². The first kappa shape index (κ1) is 16.8. The van der Waals surface area contributed by atoms with Crippen molar-refractivity contribution in [1.82, 2.24) is 10.2 Å². The molecule has 0 unspecified atom stereocenters. The zero-order chi connectivity index (χ0) is 15.8. The molecule has 2 rings (SSSR count). The van der Waals surface area contributed by atoms with E-state index in [4.69, 9.17) is 5.73 Å². The van der Waals surface area contributed by atoms with Gasteiger partial charge in [-0.15, -0.1) is 0 Å². The van der Waals surface area contributed by atoms with E-state index in [9.17, 15) is 4.79 Å². The number of rotatable bonds is 7. The Morgan fingerprint density at radius 2 is 2.05 bits per heavy atom. The van der Waals surface area contributed by atoms with Gasteiger partial charge in [-0.2, -0.15) is 0 Å². The van der Waals surface area contributed by atoms with Gasteiger partial charge in [0.1, 0.15) is 0 Å². The minimum atomic E-state index is 0.134. The molecule has 1 fully saturated rings. The van der Waals surface area contributed by atoms with Crippen LogP contribution in [-0.4, -0.2) is 56.6 Å². The number of amides is 1. The molecule has 0 bridgehead atoms. The second-order valence-electron chi connectivity index (χ2n) is 5.91. The lowest BCUT2D eigenvalue weighted by Crippen LogP contribution is -2.47. The Kier molecular flexibility index (Phi) is 6.68. The number of carbonyl (C=O) groups is 1. The van der Waals surface area contributed by atoms with Crippen molar-refractivity contribution in [3.05, 3.63) is 29.8 Å². The average molecular weight is 304 g/mol. The smallest absolute Gasteiger partial charge is 0.221 e. The second kappa shape index (κ2) is 8.76. The van der Waals surface area contributed by atoms with E-state index in [2.05, 4.69) is 46.3 Å². The predicted octanol–water partition coefficient (Wildman–Crippen LogP) is 0.972. The predicted molar refractivity (Wildman–Crippen MR) is 91.1 cm³/mol. The fourth-order valence-electron chi connectivity index (χ4n) is 2.73. The zero-order valence-electron chi connectivity index (χ0n) is 13.6. The van der Waals surface area contributed by atoms with Crippen LogP contribution in [-0.2, 0) is 4.79 Å². The molecule has 0 spiro atoms. The van der Waals surface area contributed by atoms with E-state index in [1.807, 2.05) is 0 Å². The number of hydrogen-bond acceptors (Lipinski definition) is 4. The minimum absolute atomic E-state index is 0.134. The van der Waals surface area contributed by atoms with Crippen LogP contribution < -0.4 is 16.0 Å². The van der Waals surface area contributed by atoms with Gasteiger partial charge in [0.25, 0.3) is 0 Å². The Hall–Kier alpha value is -1.59. The molecule has 1 aliphatic rings. The van der Waals surface area contributed by atoms with Gasteiger partial charge in [-0.05, 0) is 37.6 Å². The number of nitrogens with zero attached hydrogens (tertiary/aromatic N) is 2. The summed E-state index contributed by atoms with van der Waals surface area (Å²) in [6, 6.07) is 8.65. The van der Waals surface area contributed by atoms with Gasteiger partial charge in [0, 0.05) is 51.4 Å². The Morgan fingerprint density at radius 1 is 1.27 bits per heavy atom. The van der Waals surface area contributed by atoms with Gasteiger partial charge in [0.05, 0.1) is 0 Å². The first-order valence-electron chi connectivity index (χ1n) is 8.20. The number of nitrogens with one attached hydrogen (secondary N) is 1. The molecule has 5 heteroatoms. The van der Waals surface area contributed by atoms with E-state index in [0.29, 0.717) is 19.5 Å². The summed E-state index contributed by atoms with van der Waals surface area (Å²) < 4.78 is 0. The molecule has 3 N–H and O–H groups in total. The standard InChI is InChI=1S/C17H28N4O/c1-15-4-2-5-16(14-15)21-12-10-20(11-13-21)9-6-17(22)19-8-3-7-18/h2,4-5,14H,3,6-13,18H2,1H3,(H,19,22). The highest BCUT2D eigenvalue weighted by molar-refractivity contribution is 5.76. The van der Waals surface area contributed by atoms with Gasteiger partial charge in [0.15, 0.2) is 0 Å². The molecule has 1 amide bonds. The summed E-state index contributed by atoms with van der Waals surface area (Å²) in [5.41, 5.74) is 8.02. The molecule has 1 aromatic carbocycles. The Bertz CT molecular complexity index is 469. The SMILES string of the molecule is Cc1cccc(N2CCN(CCC(=O)NCCCN)CC2)c1. The highest BCUT2D eigenvalue weighted by atomic mass is 16.1. The van der Waals surface area contributed by atoms with E-state index in [1.165, 1.54) is 11.3 Å². The fraction of sp³-hybridized carbons (Fsp3) is 0.588. The van der Waals surface area contributed by atoms with E-state index in [1.54, 1.807) is 0 Å². The summed E-state index contributed by atoms with van der Waals surface area (Å²) in [7, 11) is 0. The van der Waals surface area contributed by atoms with Gasteiger partial charge in [0.2, 0.25) is 5.91 Å². The number of nitrogens with two attached hydrogens (primary N) is 1. The molecule has 1 aromatic rings. The molecule has 0 atom stereocenters. The lowest BCUT2D eigenvalue weighted by molar-refractivity contribution is -0.121. The maximum absolute atomic E-state index is 11.7. The first-order valence-corrected chi connectivity index (χ1v) is 8.20. The Labute approximate surface area is 133 Å². The summed E-state index contributed by atoms with van der Waals surface area (Å²) in [5, 5.41) is 2.91. The van der Waals surface area contributed by atoms with E-state index < -0.39 is 0 Å². The molecule has 5 nitrogen and oxygen atoms in total. The summed E-state index contributed by atoms with van der Waals surface area (Å²) in [5.74, 6) is 0.134. The second-order valence-corrected chi connectivity index (χ2v) is 5.91. The molecule has 0 aliphatic carbocycles. The number of piperazine rings is 1. The van der Waals surface area contributed by atoms with Crippen molar-refractivity contribution in [2.45, 2.75) is 19.8 Å². The topological polar surface area (TPSA) is 61.6 Å². The molecule has 0 radical (unpaired) electrons. The van der Waals surface area contributed by atoms with Crippen molar-refractivity contribution < 1.29 is 4.79 Å².